The molecule has 146 valence electrons. The van der Waals surface area contributed by atoms with Crippen molar-refractivity contribution in [2.45, 2.75) is 13.5 Å². The highest BCUT2D eigenvalue weighted by Crippen LogP contribution is 2.23. The van der Waals surface area contributed by atoms with Gasteiger partial charge in [0.25, 0.3) is 5.56 Å². The molecule has 0 saturated carbocycles. The molecule has 4 aromatic rings. The molecule has 0 spiro atoms. The fourth-order valence-corrected chi connectivity index (χ4v) is 3.41. The van der Waals surface area contributed by atoms with E-state index in [0.29, 0.717) is 21.9 Å². The van der Waals surface area contributed by atoms with Crippen LogP contribution in [0.2, 0.25) is 5.02 Å². The molecule has 7 nitrogen and oxygen atoms in total. The van der Waals surface area contributed by atoms with Gasteiger partial charge in [0, 0.05) is 10.0 Å². The number of aromatic nitrogens is 4. The number of amides is 1. The lowest BCUT2D eigenvalue weighted by atomic mass is 10.1. The van der Waals surface area contributed by atoms with Gasteiger partial charge in [-0.15, -0.1) is 0 Å². The molecule has 0 saturated heterocycles. The molecule has 2 aromatic carbocycles. The van der Waals surface area contributed by atoms with Crippen molar-refractivity contribution in [3.05, 3.63) is 80.3 Å². The molecule has 2 heterocycles. The number of carbonyl (C=O) groups excluding carboxylic acids is 1. The second-order valence-corrected chi connectivity index (χ2v) is 7.81. The fourth-order valence-electron chi connectivity index (χ4n) is 2.86. The minimum atomic E-state index is -0.409. The number of carbonyl (C=O) groups is 1. The largest absolute Gasteiger partial charge is 0.323 e. The first-order valence-corrected chi connectivity index (χ1v) is 9.85. The van der Waals surface area contributed by atoms with Gasteiger partial charge in [0.2, 0.25) is 5.91 Å². The third kappa shape index (κ3) is 4.08. The van der Waals surface area contributed by atoms with Crippen molar-refractivity contribution in [3.63, 3.8) is 0 Å². The van der Waals surface area contributed by atoms with Crippen LogP contribution in [0.4, 0.5) is 5.69 Å². The van der Waals surface area contributed by atoms with E-state index < -0.39 is 11.5 Å². The molecule has 4 rings (SSSR count). The topological polar surface area (TPSA) is 81.3 Å². The summed E-state index contributed by atoms with van der Waals surface area (Å²) in [6.45, 7) is 1.67. The van der Waals surface area contributed by atoms with Crippen LogP contribution in [-0.2, 0) is 11.3 Å². The quantitative estimate of drug-likeness (QED) is 0.488. The van der Waals surface area contributed by atoms with Crippen LogP contribution in [0.3, 0.4) is 0 Å². The first-order valence-electron chi connectivity index (χ1n) is 8.68. The standard InChI is InChI=1S/C20H15BrClN5O2/c1-12-2-7-16(15(22)8-12)24-19(28)10-26-20(29)18-9-17(25-27(18)11-23-26)13-3-5-14(21)6-4-13/h2-9,11H,10H2,1H3,(H,24,28). The van der Waals surface area contributed by atoms with Gasteiger partial charge in [0.15, 0.2) is 0 Å². The Morgan fingerprint density at radius 2 is 1.93 bits per heavy atom. The highest BCUT2D eigenvalue weighted by atomic mass is 79.9. The van der Waals surface area contributed by atoms with E-state index in [1.165, 1.54) is 10.8 Å². The van der Waals surface area contributed by atoms with Crippen molar-refractivity contribution in [1.29, 1.82) is 0 Å². The molecule has 0 aliphatic carbocycles. The molecule has 0 bridgehead atoms. The SMILES string of the molecule is Cc1ccc(NC(=O)Cn2ncn3nc(-c4ccc(Br)cc4)cc3c2=O)c(Cl)c1. The van der Waals surface area contributed by atoms with Gasteiger partial charge in [-0.1, -0.05) is 45.7 Å². The summed E-state index contributed by atoms with van der Waals surface area (Å²) in [5.41, 5.74) is 2.91. The maximum atomic E-state index is 12.8. The Morgan fingerprint density at radius 1 is 1.17 bits per heavy atom. The molecule has 0 atom stereocenters. The van der Waals surface area contributed by atoms with E-state index in [-0.39, 0.29) is 6.54 Å². The Hall–Kier alpha value is -2.97. The number of nitrogens with one attached hydrogen (secondary N) is 1. The molecule has 1 N–H and O–H groups in total. The van der Waals surface area contributed by atoms with Crippen LogP contribution >= 0.6 is 27.5 Å². The maximum absolute atomic E-state index is 12.8. The lowest BCUT2D eigenvalue weighted by Gasteiger charge is -2.08. The van der Waals surface area contributed by atoms with Gasteiger partial charge in [-0.2, -0.15) is 10.2 Å². The van der Waals surface area contributed by atoms with E-state index in [1.807, 2.05) is 37.3 Å². The Labute approximate surface area is 179 Å². The zero-order valence-electron chi connectivity index (χ0n) is 15.3. The number of nitrogens with zero attached hydrogens (tertiary/aromatic N) is 4. The number of anilines is 1. The fraction of sp³-hybridized carbons (Fsp3) is 0.100. The first kappa shape index (κ1) is 19.4. The van der Waals surface area contributed by atoms with Crippen LogP contribution in [-0.4, -0.2) is 25.3 Å². The van der Waals surface area contributed by atoms with E-state index in [0.717, 1.165) is 20.3 Å². The average Bonchev–Trinajstić information content (AvgIpc) is 3.12. The van der Waals surface area contributed by atoms with E-state index in [2.05, 4.69) is 31.4 Å². The minimum absolute atomic E-state index is 0.238. The van der Waals surface area contributed by atoms with Gasteiger partial charge in [0.05, 0.1) is 16.4 Å². The number of fused-ring (bicyclic) bond motifs is 1. The predicted octanol–water partition coefficient (Wildman–Crippen LogP) is 3.92. The third-order valence-electron chi connectivity index (χ3n) is 4.32. The predicted molar refractivity (Wildman–Crippen MR) is 115 cm³/mol. The van der Waals surface area contributed by atoms with E-state index in [4.69, 9.17) is 11.6 Å². The van der Waals surface area contributed by atoms with Gasteiger partial charge in [-0.25, -0.2) is 9.20 Å². The molecule has 0 aliphatic heterocycles. The van der Waals surface area contributed by atoms with Crippen molar-refractivity contribution in [2.24, 2.45) is 0 Å². The third-order valence-corrected chi connectivity index (χ3v) is 5.16. The lowest BCUT2D eigenvalue weighted by Crippen LogP contribution is -2.30. The maximum Gasteiger partial charge on any atom is 0.293 e. The van der Waals surface area contributed by atoms with Crippen molar-refractivity contribution < 1.29 is 4.79 Å². The Morgan fingerprint density at radius 3 is 2.66 bits per heavy atom. The normalized spacial score (nSPS) is 11.0. The smallest absolute Gasteiger partial charge is 0.293 e. The zero-order chi connectivity index (χ0) is 20.5. The van der Waals surface area contributed by atoms with Crippen molar-refractivity contribution in [1.82, 2.24) is 19.4 Å². The van der Waals surface area contributed by atoms with Crippen LogP contribution in [0.25, 0.3) is 16.8 Å². The molecule has 0 fully saturated rings. The average molecular weight is 473 g/mol. The van der Waals surface area contributed by atoms with Gasteiger partial charge in [-0.05, 0) is 42.8 Å². The lowest BCUT2D eigenvalue weighted by molar-refractivity contribution is -0.117. The minimum Gasteiger partial charge on any atom is -0.323 e. The number of aryl methyl sites for hydroxylation is 1. The van der Waals surface area contributed by atoms with Gasteiger partial charge in [0.1, 0.15) is 18.4 Å². The zero-order valence-corrected chi connectivity index (χ0v) is 17.6. The number of benzene rings is 2. The molecular formula is C20H15BrClN5O2. The van der Waals surface area contributed by atoms with Crippen molar-refractivity contribution in [2.75, 3.05) is 5.32 Å². The van der Waals surface area contributed by atoms with E-state index in [9.17, 15) is 9.59 Å². The molecule has 0 radical (unpaired) electrons. The second kappa shape index (κ2) is 7.81. The number of halogens is 2. The van der Waals surface area contributed by atoms with E-state index in [1.54, 1.807) is 18.2 Å². The monoisotopic (exact) mass is 471 g/mol. The summed E-state index contributed by atoms with van der Waals surface area (Å²) in [6, 6.07) is 14.6. The van der Waals surface area contributed by atoms with Crippen LogP contribution < -0.4 is 10.9 Å². The Balaban J connectivity index is 1.59. The highest BCUT2D eigenvalue weighted by molar-refractivity contribution is 9.10. The van der Waals surface area contributed by atoms with Crippen LogP contribution in [0.5, 0.6) is 0 Å². The Kier molecular flexibility index (Phi) is 5.21. The van der Waals surface area contributed by atoms with Crippen LogP contribution in [0.1, 0.15) is 5.56 Å². The van der Waals surface area contributed by atoms with Gasteiger partial charge in [-0.3, -0.25) is 9.59 Å². The number of hydrogen-bond donors (Lipinski definition) is 1. The summed E-state index contributed by atoms with van der Waals surface area (Å²) in [6.07, 6.45) is 1.41. The van der Waals surface area contributed by atoms with Crippen LogP contribution in [0, 0.1) is 6.92 Å². The molecule has 29 heavy (non-hydrogen) atoms. The van der Waals surface area contributed by atoms with Gasteiger partial charge < -0.3 is 5.32 Å². The van der Waals surface area contributed by atoms with Crippen molar-refractivity contribution >= 4 is 44.6 Å². The second-order valence-electron chi connectivity index (χ2n) is 6.49. The molecule has 1 amide bonds. The van der Waals surface area contributed by atoms with E-state index >= 15 is 0 Å². The molecule has 2 aromatic heterocycles. The molecule has 0 unspecified atom stereocenters. The summed E-state index contributed by atoms with van der Waals surface area (Å²) in [4.78, 5) is 25.1. The summed E-state index contributed by atoms with van der Waals surface area (Å²) < 4.78 is 3.46. The highest BCUT2D eigenvalue weighted by Gasteiger charge is 2.13. The summed E-state index contributed by atoms with van der Waals surface area (Å²) in [7, 11) is 0. The van der Waals surface area contributed by atoms with Crippen LogP contribution in [0.15, 0.2) is 64.1 Å². The van der Waals surface area contributed by atoms with Crippen molar-refractivity contribution in [3.8, 4) is 11.3 Å². The summed E-state index contributed by atoms with van der Waals surface area (Å²) in [5.74, 6) is -0.401. The van der Waals surface area contributed by atoms with Gasteiger partial charge >= 0.3 is 0 Å². The molecule has 0 aliphatic rings. The molecular weight excluding hydrogens is 458 g/mol. The first-order chi connectivity index (χ1) is 13.9. The number of hydrogen-bond acceptors (Lipinski definition) is 4. The summed E-state index contributed by atoms with van der Waals surface area (Å²) >= 11 is 9.54. The summed E-state index contributed by atoms with van der Waals surface area (Å²) in [5, 5.41) is 11.6. The molecule has 9 heteroatoms. The number of rotatable bonds is 4. The Bertz CT molecular complexity index is 1280.